The monoisotopic (exact) mass is 424 g/mol. The highest BCUT2D eigenvalue weighted by Gasteiger charge is 2.12. The quantitative estimate of drug-likeness (QED) is 0.529. The van der Waals surface area contributed by atoms with Gasteiger partial charge in [0.2, 0.25) is 0 Å². The van der Waals surface area contributed by atoms with E-state index >= 15 is 0 Å². The summed E-state index contributed by atoms with van der Waals surface area (Å²) in [6.07, 6.45) is 0. The predicted octanol–water partition coefficient (Wildman–Crippen LogP) is 2.20. The highest BCUT2D eigenvalue weighted by atomic mass is 16.5. The summed E-state index contributed by atoms with van der Waals surface area (Å²) >= 11 is 0. The Bertz CT molecular complexity index is 1010. The molecule has 0 aliphatic carbocycles. The summed E-state index contributed by atoms with van der Waals surface area (Å²) in [5, 5.41) is 29.4. The predicted molar refractivity (Wildman–Crippen MR) is 116 cm³/mol. The van der Waals surface area contributed by atoms with Gasteiger partial charge in [-0.3, -0.25) is 4.90 Å². The molecule has 1 saturated heterocycles. The second kappa shape index (κ2) is 11.0. The van der Waals surface area contributed by atoms with E-state index in [2.05, 4.69) is 44.7 Å². The van der Waals surface area contributed by atoms with Gasteiger partial charge in [0.25, 0.3) is 0 Å². The molecule has 4 rings (SSSR count). The highest BCUT2D eigenvalue weighted by Crippen LogP contribution is 2.29. The molecule has 2 aromatic carbocycles. The summed E-state index contributed by atoms with van der Waals surface area (Å²) in [7, 11) is 0. The molecule has 162 valence electrons. The van der Waals surface area contributed by atoms with Crippen molar-refractivity contribution in [1.82, 2.24) is 15.1 Å². The second-order valence-corrected chi connectivity index (χ2v) is 6.80. The number of fused-ring (bicyclic) bond motifs is 1. The zero-order valence-corrected chi connectivity index (χ0v) is 16.9. The summed E-state index contributed by atoms with van der Waals surface area (Å²) in [5.74, 6) is -2.80. The zero-order chi connectivity index (χ0) is 22.1. The van der Waals surface area contributed by atoms with Gasteiger partial charge in [0, 0.05) is 42.5 Å². The third kappa shape index (κ3) is 6.21. The average Bonchev–Trinajstić information content (AvgIpc) is 2.81. The van der Waals surface area contributed by atoms with Crippen molar-refractivity contribution >= 4 is 28.5 Å². The summed E-state index contributed by atoms with van der Waals surface area (Å²) < 4.78 is 5.39. The molecule has 0 spiro atoms. The molecule has 9 heteroatoms. The molecule has 3 aromatic rings. The van der Waals surface area contributed by atoms with Gasteiger partial charge < -0.3 is 20.3 Å². The molecule has 0 unspecified atom stereocenters. The Labute approximate surface area is 179 Å². The first-order valence-electron chi connectivity index (χ1n) is 9.87. The van der Waals surface area contributed by atoms with Gasteiger partial charge in [-0.25, -0.2) is 9.59 Å². The van der Waals surface area contributed by atoms with Crippen molar-refractivity contribution in [3.8, 4) is 11.3 Å². The molecule has 1 aromatic heterocycles. The number of hydrogen-bond donors (Lipinski definition) is 3. The topological polar surface area (TPSA) is 125 Å². The summed E-state index contributed by atoms with van der Waals surface area (Å²) in [6, 6.07) is 18.5. The van der Waals surface area contributed by atoms with Crippen LogP contribution in [-0.2, 0) is 14.3 Å². The van der Waals surface area contributed by atoms with E-state index in [0.29, 0.717) is 0 Å². The maximum atomic E-state index is 9.10. The lowest BCUT2D eigenvalue weighted by Gasteiger charge is -2.26. The largest absolute Gasteiger partial charge is 0.473 e. The second-order valence-electron chi connectivity index (χ2n) is 6.80. The lowest BCUT2D eigenvalue weighted by atomic mass is 10.0. The highest BCUT2D eigenvalue weighted by molar-refractivity contribution is 6.27. The Hall–Kier alpha value is -3.56. The van der Waals surface area contributed by atoms with Crippen molar-refractivity contribution in [1.29, 1.82) is 0 Å². The first-order valence-corrected chi connectivity index (χ1v) is 9.87. The number of carboxylic acid groups (broad SMARTS) is 2. The molecule has 0 amide bonds. The summed E-state index contributed by atoms with van der Waals surface area (Å²) in [6.45, 7) is 5.49. The minimum Gasteiger partial charge on any atom is -0.473 e. The van der Waals surface area contributed by atoms with E-state index in [1.165, 1.54) is 0 Å². The first-order chi connectivity index (χ1) is 15.1. The van der Waals surface area contributed by atoms with Crippen LogP contribution in [0.25, 0.3) is 22.0 Å². The molecule has 9 nitrogen and oxygen atoms in total. The maximum Gasteiger partial charge on any atom is 0.414 e. The van der Waals surface area contributed by atoms with E-state index in [-0.39, 0.29) is 0 Å². The molecule has 0 radical (unpaired) electrons. The number of ether oxygens (including phenoxy) is 1. The number of morpholine rings is 1. The first kappa shape index (κ1) is 22.1. The van der Waals surface area contributed by atoms with Crippen LogP contribution in [0.15, 0.2) is 54.6 Å². The van der Waals surface area contributed by atoms with E-state index in [9.17, 15) is 0 Å². The van der Waals surface area contributed by atoms with E-state index in [4.69, 9.17) is 24.5 Å². The number of carbonyl (C=O) groups is 2. The molecular formula is C22H24N4O5. The van der Waals surface area contributed by atoms with Crippen LogP contribution in [0.1, 0.15) is 0 Å². The Balaban J connectivity index is 0.000000401. The smallest absolute Gasteiger partial charge is 0.414 e. The molecule has 1 aliphatic heterocycles. The molecule has 1 fully saturated rings. The standard InChI is InChI=1S/C20H22N4O.C2H2O4/c1-2-6-16(7-3-1)19-17-8-4-5-9-18(17)20(23-22-19)21-10-11-24-12-14-25-15-13-24;3-1(4)2(5)6/h1-9H,10-15H2,(H,21,23);(H,3,4)(H,5,6). The van der Waals surface area contributed by atoms with E-state index in [1.54, 1.807) is 0 Å². The molecule has 1 aliphatic rings. The van der Waals surface area contributed by atoms with Crippen LogP contribution in [-0.4, -0.2) is 76.6 Å². The number of benzene rings is 2. The van der Waals surface area contributed by atoms with Crippen LogP contribution >= 0.6 is 0 Å². The van der Waals surface area contributed by atoms with Gasteiger partial charge in [0.1, 0.15) is 5.69 Å². The van der Waals surface area contributed by atoms with Crippen LogP contribution in [0.5, 0.6) is 0 Å². The van der Waals surface area contributed by atoms with Crippen LogP contribution in [0.3, 0.4) is 0 Å². The summed E-state index contributed by atoms with van der Waals surface area (Å²) in [4.78, 5) is 20.6. The van der Waals surface area contributed by atoms with Gasteiger partial charge >= 0.3 is 11.9 Å². The van der Waals surface area contributed by atoms with Crippen molar-refractivity contribution in [2.75, 3.05) is 44.7 Å². The van der Waals surface area contributed by atoms with Gasteiger partial charge in [0.15, 0.2) is 5.82 Å². The van der Waals surface area contributed by atoms with Crippen molar-refractivity contribution in [2.24, 2.45) is 0 Å². The Morgan fingerprint density at radius 1 is 0.903 bits per heavy atom. The SMILES string of the molecule is O=C(O)C(=O)O.c1ccc(-c2nnc(NCCN3CCOCC3)c3ccccc23)cc1. The number of aliphatic carboxylic acids is 2. The number of anilines is 1. The van der Waals surface area contributed by atoms with Crippen molar-refractivity contribution in [3.05, 3.63) is 54.6 Å². The van der Waals surface area contributed by atoms with Crippen LogP contribution in [0.4, 0.5) is 5.82 Å². The number of nitrogens with zero attached hydrogens (tertiary/aromatic N) is 3. The lowest BCUT2D eigenvalue weighted by molar-refractivity contribution is -0.159. The Kier molecular flexibility index (Phi) is 7.85. The van der Waals surface area contributed by atoms with Crippen LogP contribution in [0, 0.1) is 0 Å². The Morgan fingerprint density at radius 2 is 1.52 bits per heavy atom. The van der Waals surface area contributed by atoms with Crippen molar-refractivity contribution in [2.45, 2.75) is 0 Å². The number of carboxylic acids is 2. The van der Waals surface area contributed by atoms with E-state index in [1.807, 2.05) is 30.3 Å². The molecule has 3 N–H and O–H groups in total. The van der Waals surface area contributed by atoms with Crippen molar-refractivity contribution in [3.63, 3.8) is 0 Å². The fourth-order valence-electron chi connectivity index (χ4n) is 3.20. The van der Waals surface area contributed by atoms with Gasteiger partial charge in [-0.05, 0) is 0 Å². The van der Waals surface area contributed by atoms with Crippen LogP contribution < -0.4 is 5.32 Å². The van der Waals surface area contributed by atoms with E-state index in [0.717, 1.165) is 67.2 Å². The third-order valence-corrected chi connectivity index (χ3v) is 4.74. The normalized spacial score (nSPS) is 13.8. The molecule has 0 saturated carbocycles. The molecule has 31 heavy (non-hydrogen) atoms. The third-order valence-electron chi connectivity index (χ3n) is 4.74. The van der Waals surface area contributed by atoms with Gasteiger partial charge in [0.05, 0.1) is 13.2 Å². The van der Waals surface area contributed by atoms with Gasteiger partial charge in [-0.1, -0.05) is 54.6 Å². The minimum absolute atomic E-state index is 0.828. The molecular weight excluding hydrogens is 400 g/mol. The van der Waals surface area contributed by atoms with Gasteiger partial charge in [-0.15, -0.1) is 10.2 Å². The number of aromatic nitrogens is 2. The van der Waals surface area contributed by atoms with Gasteiger partial charge in [-0.2, -0.15) is 0 Å². The van der Waals surface area contributed by atoms with Crippen LogP contribution in [0.2, 0.25) is 0 Å². The molecule has 0 atom stereocenters. The average molecular weight is 424 g/mol. The van der Waals surface area contributed by atoms with Crippen molar-refractivity contribution < 1.29 is 24.5 Å². The number of rotatable bonds is 5. The maximum absolute atomic E-state index is 9.10. The lowest BCUT2D eigenvalue weighted by Crippen LogP contribution is -2.39. The zero-order valence-electron chi connectivity index (χ0n) is 16.9. The van der Waals surface area contributed by atoms with E-state index < -0.39 is 11.9 Å². The molecule has 2 heterocycles. The fourth-order valence-corrected chi connectivity index (χ4v) is 3.20. The minimum atomic E-state index is -1.82. The fraction of sp³-hybridized carbons (Fsp3) is 0.273. The number of nitrogens with one attached hydrogen (secondary N) is 1. The summed E-state index contributed by atoms with van der Waals surface area (Å²) in [5.41, 5.74) is 2.01. The number of hydrogen-bond acceptors (Lipinski definition) is 7. The molecule has 0 bridgehead atoms. The Morgan fingerprint density at radius 3 is 2.16 bits per heavy atom.